The molecule has 1 heterocycles. The molecule has 1 aromatic heterocycles. The largest absolute Gasteiger partial charge is 0.379 e. The minimum atomic E-state index is 0.789. The molecule has 0 aliphatic heterocycles. The predicted octanol–water partition coefficient (Wildman–Crippen LogP) is 3.94. The fraction of sp³-hybridized carbons (Fsp3) is 0.0714. The average molecular weight is 302 g/mol. The van der Waals surface area contributed by atoms with Crippen molar-refractivity contribution in [3.8, 4) is 0 Å². The van der Waals surface area contributed by atoms with E-state index in [-0.39, 0.29) is 0 Å². The van der Waals surface area contributed by atoms with Gasteiger partial charge in [0, 0.05) is 16.4 Å². The quantitative estimate of drug-likeness (QED) is 0.769. The van der Waals surface area contributed by atoms with E-state index in [4.69, 9.17) is 0 Å². The first kappa shape index (κ1) is 11.3. The molecule has 0 fully saturated rings. The van der Waals surface area contributed by atoms with E-state index in [1.165, 1.54) is 5.56 Å². The van der Waals surface area contributed by atoms with Crippen molar-refractivity contribution >= 4 is 32.5 Å². The Morgan fingerprint density at radius 2 is 2.06 bits per heavy atom. The van der Waals surface area contributed by atoms with E-state index >= 15 is 0 Å². The van der Waals surface area contributed by atoms with Crippen LogP contribution in [0.1, 0.15) is 5.56 Å². The number of hydrogen-bond donors (Lipinski definition) is 2. The Labute approximate surface area is 113 Å². The fourth-order valence-electron chi connectivity index (χ4n) is 1.96. The fourth-order valence-corrected chi connectivity index (χ4v) is 2.41. The van der Waals surface area contributed by atoms with Gasteiger partial charge in [-0.3, -0.25) is 5.10 Å². The lowest BCUT2D eigenvalue weighted by Gasteiger charge is -2.07. The van der Waals surface area contributed by atoms with Crippen LogP contribution in [0, 0.1) is 0 Å². The Balaban J connectivity index is 1.83. The molecule has 0 spiro atoms. The number of nitrogens with one attached hydrogen (secondary N) is 2. The Bertz CT molecular complexity index is 675. The van der Waals surface area contributed by atoms with Gasteiger partial charge < -0.3 is 5.32 Å². The lowest BCUT2D eigenvalue weighted by Crippen LogP contribution is -1.99. The minimum Gasteiger partial charge on any atom is -0.379 e. The van der Waals surface area contributed by atoms with Crippen LogP contribution in [0.15, 0.2) is 53.1 Å². The molecule has 2 aromatic carbocycles. The van der Waals surface area contributed by atoms with Gasteiger partial charge in [0.1, 0.15) is 0 Å². The summed E-state index contributed by atoms with van der Waals surface area (Å²) in [6, 6.07) is 14.4. The molecule has 4 heteroatoms. The molecule has 0 saturated heterocycles. The summed E-state index contributed by atoms with van der Waals surface area (Å²) in [5.41, 5.74) is 3.36. The standard InChI is InChI=1S/C14H12BrN3/c15-12-5-1-3-10(7-12)8-16-13-6-2-4-11-9-17-18-14(11)13/h1-7,9,16H,8H2,(H,17,18). The van der Waals surface area contributed by atoms with Crippen molar-refractivity contribution in [2.24, 2.45) is 0 Å². The highest BCUT2D eigenvalue weighted by atomic mass is 79.9. The first-order valence-electron chi connectivity index (χ1n) is 5.73. The van der Waals surface area contributed by atoms with Gasteiger partial charge in [-0.05, 0) is 23.8 Å². The summed E-state index contributed by atoms with van der Waals surface area (Å²) in [6.07, 6.45) is 1.83. The molecule has 0 unspecified atom stereocenters. The van der Waals surface area contributed by atoms with Gasteiger partial charge >= 0.3 is 0 Å². The summed E-state index contributed by atoms with van der Waals surface area (Å²) in [5, 5.41) is 11.6. The number of anilines is 1. The SMILES string of the molecule is Brc1cccc(CNc2cccc3cn[nH]c23)c1. The highest BCUT2D eigenvalue weighted by molar-refractivity contribution is 9.10. The molecule has 3 nitrogen and oxygen atoms in total. The van der Waals surface area contributed by atoms with Gasteiger partial charge in [0.15, 0.2) is 0 Å². The van der Waals surface area contributed by atoms with E-state index in [9.17, 15) is 0 Å². The third kappa shape index (κ3) is 2.24. The molecule has 0 atom stereocenters. The summed E-state index contributed by atoms with van der Waals surface area (Å²) in [4.78, 5) is 0. The van der Waals surface area contributed by atoms with Crippen LogP contribution in [-0.4, -0.2) is 10.2 Å². The van der Waals surface area contributed by atoms with Crippen LogP contribution in [0.4, 0.5) is 5.69 Å². The van der Waals surface area contributed by atoms with Crippen LogP contribution in [0.5, 0.6) is 0 Å². The van der Waals surface area contributed by atoms with Gasteiger partial charge in [-0.2, -0.15) is 5.10 Å². The molecule has 0 saturated carbocycles. The number of fused-ring (bicyclic) bond motifs is 1. The normalized spacial score (nSPS) is 10.7. The molecule has 0 aliphatic rings. The first-order valence-corrected chi connectivity index (χ1v) is 6.52. The van der Waals surface area contributed by atoms with E-state index < -0.39 is 0 Å². The number of aromatic nitrogens is 2. The second-order valence-electron chi connectivity index (χ2n) is 4.12. The van der Waals surface area contributed by atoms with Crippen molar-refractivity contribution in [1.82, 2.24) is 10.2 Å². The topological polar surface area (TPSA) is 40.7 Å². The van der Waals surface area contributed by atoms with Crippen molar-refractivity contribution in [3.63, 3.8) is 0 Å². The van der Waals surface area contributed by atoms with Gasteiger partial charge in [0.2, 0.25) is 0 Å². The Kier molecular flexibility index (Phi) is 3.02. The van der Waals surface area contributed by atoms with E-state index in [0.717, 1.165) is 27.6 Å². The highest BCUT2D eigenvalue weighted by Gasteiger charge is 2.02. The van der Waals surface area contributed by atoms with Gasteiger partial charge in [-0.1, -0.05) is 40.2 Å². The summed E-state index contributed by atoms with van der Waals surface area (Å²) in [6.45, 7) is 0.789. The van der Waals surface area contributed by atoms with Crippen LogP contribution in [-0.2, 0) is 6.54 Å². The molecule has 90 valence electrons. The molecule has 2 N–H and O–H groups in total. The molecule has 0 radical (unpaired) electrons. The number of aromatic amines is 1. The van der Waals surface area contributed by atoms with Crippen LogP contribution >= 0.6 is 15.9 Å². The number of halogens is 1. The third-order valence-electron chi connectivity index (χ3n) is 2.85. The zero-order chi connectivity index (χ0) is 12.4. The molecule has 0 bridgehead atoms. The first-order chi connectivity index (χ1) is 8.83. The Morgan fingerprint density at radius 3 is 2.94 bits per heavy atom. The zero-order valence-corrected chi connectivity index (χ0v) is 11.2. The van der Waals surface area contributed by atoms with Gasteiger partial charge in [-0.25, -0.2) is 0 Å². The maximum atomic E-state index is 4.06. The molecular weight excluding hydrogens is 290 g/mol. The highest BCUT2D eigenvalue weighted by Crippen LogP contribution is 2.21. The van der Waals surface area contributed by atoms with Crippen molar-refractivity contribution < 1.29 is 0 Å². The average Bonchev–Trinajstić information content (AvgIpc) is 2.85. The molecule has 0 aliphatic carbocycles. The minimum absolute atomic E-state index is 0.789. The zero-order valence-electron chi connectivity index (χ0n) is 9.65. The van der Waals surface area contributed by atoms with Crippen molar-refractivity contribution in [1.29, 1.82) is 0 Å². The number of benzene rings is 2. The summed E-state index contributed by atoms with van der Waals surface area (Å²) in [7, 11) is 0. The van der Waals surface area contributed by atoms with E-state index in [1.54, 1.807) is 0 Å². The molecule has 3 aromatic rings. The predicted molar refractivity (Wildman–Crippen MR) is 77.6 cm³/mol. The van der Waals surface area contributed by atoms with Crippen LogP contribution in [0.3, 0.4) is 0 Å². The van der Waals surface area contributed by atoms with Crippen molar-refractivity contribution in [2.75, 3.05) is 5.32 Å². The van der Waals surface area contributed by atoms with Crippen molar-refractivity contribution in [3.05, 3.63) is 58.7 Å². The maximum absolute atomic E-state index is 4.06. The summed E-state index contributed by atoms with van der Waals surface area (Å²) < 4.78 is 1.10. The smallest absolute Gasteiger partial charge is 0.0881 e. The molecular formula is C14H12BrN3. The second-order valence-corrected chi connectivity index (χ2v) is 5.04. The van der Waals surface area contributed by atoms with E-state index in [0.29, 0.717) is 0 Å². The number of rotatable bonds is 3. The molecule has 0 amide bonds. The van der Waals surface area contributed by atoms with E-state index in [2.05, 4.69) is 49.6 Å². The molecule has 3 rings (SSSR count). The van der Waals surface area contributed by atoms with Crippen LogP contribution < -0.4 is 5.32 Å². The number of para-hydroxylation sites is 1. The summed E-state index contributed by atoms with van der Waals surface area (Å²) >= 11 is 3.48. The summed E-state index contributed by atoms with van der Waals surface area (Å²) in [5.74, 6) is 0. The maximum Gasteiger partial charge on any atom is 0.0881 e. The third-order valence-corrected chi connectivity index (χ3v) is 3.34. The number of H-pyrrole nitrogens is 1. The van der Waals surface area contributed by atoms with Crippen LogP contribution in [0.2, 0.25) is 0 Å². The monoisotopic (exact) mass is 301 g/mol. The second kappa shape index (κ2) is 4.82. The molecule has 18 heavy (non-hydrogen) atoms. The Hall–Kier alpha value is -1.81. The number of hydrogen-bond acceptors (Lipinski definition) is 2. The Morgan fingerprint density at radius 1 is 1.17 bits per heavy atom. The number of nitrogens with zero attached hydrogens (tertiary/aromatic N) is 1. The van der Waals surface area contributed by atoms with E-state index in [1.807, 2.05) is 30.5 Å². The lowest BCUT2D eigenvalue weighted by molar-refractivity contribution is 1.11. The van der Waals surface area contributed by atoms with Gasteiger partial charge in [0.25, 0.3) is 0 Å². The van der Waals surface area contributed by atoms with Gasteiger partial charge in [0.05, 0.1) is 17.4 Å². The van der Waals surface area contributed by atoms with Gasteiger partial charge in [-0.15, -0.1) is 0 Å². The van der Waals surface area contributed by atoms with Crippen molar-refractivity contribution in [2.45, 2.75) is 6.54 Å². The van der Waals surface area contributed by atoms with Crippen LogP contribution in [0.25, 0.3) is 10.9 Å². The lowest BCUT2D eigenvalue weighted by atomic mass is 10.2.